The van der Waals surface area contributed by atoms with Crippen LogP contribution in [-0.2, 0) is 0 Å². The summed E-state index contributed by atoms with van der Waals surface area (Å²) in [6, 6.07) is 12.9. The lowest BCUT2D eigenvalue weighted by Crippen LogP contribution is -2.26. The molecule has 0 atom stereocenters. The van der Waals surface area contributed by atoms with Crippen molar-refractivity contribution in [2.24, 2.45) is 0 Å². The third kappa shape index (κ3) is 4.07. The molecular formula is C20H18ClN3O2. The molecule has 26 heavy (non-hydrogen) atoms. The lowest BCUT2D eigenvalue weighted by Gasteiger charge is -2.11. The number of carbonyl (C=O) groups excluding carboxylic acids is 1. The highest BCUT2D eigenvalue weighted by atomic mass is 35.5. The molecule has 0 fully saturated rings. The molecule has 5 nitrogen and oxygen atoms in total. The highest BCUT2D eigenvalue weighted by Gasteiger charge is 2.12. The number of amides is 1. The van der Waals surface area contributed by atoms with Gasteiger partial charge in [-0.1, -0.05) is 23.7 Å². The first-order valence-corrected chi connectivity index (χ1v) is 8.54. The second-order valence-electron chi connectivity index (χ2n) is 5.79. The summed E-state index contributed by atoms with van der Waals surface area (Å²) >= 11 is 6.15. The molecule has 0 aliphatic carbocycles. The summed E-state index contributed by atoms with van der Waals surface area (Å²) in [6.45, 7) is 2.07. The number of hydrogen-bond donors (Lipinski definition) is 2. The van der Waals surface area contributed by atoms with Crippen LogP contribution in [-0.4, -0.2) is 34.1 Å². The molecule has 132 valence electrons. The molecule has 0 unspecified atom stereocenters. The number of aromatic nitrogens is 2. The Labute approximate surface area is 156 Å². The molecular weight excluding hydrogens is 350 g/mol. The molecule has 0 spiro atoms. The van der Waals surface area contributed by atoms with Gasteiger partial charge in [-0.05, 0) is 42.8 Å². The summed E-state index contributed by atoms with van der Waals surface area (Å²) in [4.78, 5) is 20.8. The molecule has 2 N–H and O–H groups in total. The minimum Gasteiger partial charge on any atom is -0.395 e. The smallest absolute Gasteiger partial charge is 0.251 e. The molecule has 3 rings (SSSR count). The quantitative estimate of drug-likeness (QED) is 0.723. The van der Waals surface area contributed by atoms with Gasteiger partial charge in [0.1, 0.15) is 0 Å². The number of nitrogens with one attached hydrogen (secondary N) is 1. The summed E-state index contributed by atoms with van der Waals surface area (Å²) in [7, 11) is 0. The monoisotopic (exact) mass is 367 g/mol. The first-order chi connectivity index (χ1) is 12.6. The van der Waals surface area contributed by atoms with Crippen LogP contribution in [0.3, 0.4) is 0 Å². The number of aryl methyl sites for hydroxylation is 1. The van der Waals surface area contributed by atoms with Gasteiger partial charge in [0.05, 0.1) is 17.3 Å². The maximum atomic E-state index is 12.0. The predicted molar refractivity (Wildman–Crippen MR) is 102 cm³/mol. The van der Waals surface area contributed by atoms with Crippen molar-refractivity contribution in [1.29, 1.82) is 0 Å². The van der Waals surface area contributed by atoms with E-state index in [1.165, 1.54) is 0 Å². The molecule has 6 heteroatoms. The van der Waals surface area contributed by atoms with Crippen LogP contribution in [0.1, 0.15) is 16.1 Å². The zero-order valence-electron chi connectivity index (χ0n) is 14.2. The van der Waals surface area contributed by atoms with Crippen molar-refractivity contribution < 1.29 is 9.90 Å². The molecule has 0 saturated carbocycles. The number of hydrogen-bond acceptors (Lipinski definition) is 4. The van der Waals surface area contributed by atoms with E-state index >= 15 is 0 Å². The lowest BCUT2D eigenvalue weighted by atomic mass is 9.99. The minimum absolute atomic E-state index is 0.0913. The largest absolute Gasteiger partial charge is 0.395 e. The molecule has 0 aliphatic rings. The second-order valence-corrected chi connectivity index (χ2v) is 6.23. The van der Waals surface area contributed by atoms with Crippen LogP contribution >= 0.6 is 11.6 Å². The summed E-state index contributed by atoms with van der Waals surface area (Å²) in [5, 5.41) is 12.0. The van der Waals surface area contributed by atoms with Crippen molar-refractivity contribution in [3.05, 3.63) is 71.1 Å². The van der Waals surface area contributed by atoms with Gasteiger partial charge < -0.3 is 10.4 Å². The number of rotatable bonds is 5. The second kappa shape index (κ2) is 8.08. The topological polar surface area (TPSA) is 75.1 Å². The van der Waals surface area contributed by atoms with Crippen molar-refractivity contribution in [2.75, 3.05) is 13.2 Å². The lowest BCUT2D eigenvalue weighted by molar-refractivity contribution is 0.0945. The third-order valence-electron chi connectivity index (χ3n) is 3.89. The molecule has 0 saturated heterocycles. The van der Waals surface area contributed by atoms with E-state index in [1.54, 1.807) is 24.5 Å². The first-order valence-electron chi connectivity index (χ1n) is 8.16. The van der Waals surface area contributed by atoms with Crippen molar-refractivity contribution in [3.8, 4) is 22.4 Å². The number of pyridine rings is 2. The van der Waals surface area contributed by atoms with Crippen LogP contribution in [0.2, 0.25) is 5.02 Å². The number of aliphatic hydroxyl groups is 1. The van der Waals surface area contributed by atoms with E-state index < -0.39 is 0 Å². The highest BCUT2D eigenvalue weighted by molar-refractivity contribution is 6.30. The van der Waals surface area contributed by atoms with E-state index in [0.29, 0.717) is 10.6 Å². The van der Waals surface area contributed by atoms with Crippen LogP contribution in [0.25, 0.3) is 22.4 Å². The van der Waals surface area contributed by atoms with Gasteiger partial charge >= 0.3 is 0 Å². The van der Waals surface area contributed by atoms with Gasteiger partial charge in [0.15, 0.2) is 0 Å². The van der Waals surface area contributed by atoms with Gasteiger partial charge in [0.2, 0.25) is 0 Å². The molecule has 1 amide bonds. The number of nitrogens with zero attached hydrogens (tertiary/aromatic N) is 2. The zero-order valence-corrected chi connectivity index (χ0v) is 15.0. The highest BCUT2D eigenvalue weighted by Crippen LogP contribution is 2.32. The van der Waals surface area contributed by atoms with E-state index in [9.17, 15) is 4.79 Å². The van der Waals surface area contributed by atoms with Crippen molar-refractivity contribution in [1.82, 2.24) is 15.3 Å². The Balaban J connectivity index is 1.97. The summed E-state index contributed by atoms with van der Waals surface area (Å²) in [5.41, 5.74) is 4.89. The zero-order chi connectivity index (χ0) is 18.5. The number of halogens is 1. The fraction of sp³-hybridized carbons (Fsp3) is 0.150. The summed E-state index contributed by atoms with van der Waals surface area (Å²) < 4.78 is 0. The Morgan fingerprint density at radius 2 is 1.81 bits per heavy atom. The normalized spacial score (nSPS) is 10.6. The van der Waals surface area contributed by atoms with Crippen molar-refractivity contribution in [2.45, 2.75) is 6.92 Å². The van der Waals surface area contributed by atoms with E-state index in [-0.39, 0.29) is 19.1 Å². The number of benzene rings is 1. The van der Waals surface area contributed by atoms with Gasteiger partial charge in [-0.15, -0.1) is 0 Å². The van der Waals surface area contributed by atoms with Gasteiger partial charge in [0.25, 0.3) is 5.91 Å². The van der Waals surface area contributed by atoms with Gasteiger partial charge in [-0.25, -0.2) is 0 Å². The maximum absolute atomic E-state index is 12.0. The molecule has 0 aliphatic heterocycles. The molecule has 2 aromatic heterocycles. The van der Waals surface area contributed by atoms with Crippen molar-refractivity contribution >= 4 is 17.5 Å². The summed E-state index contributed by atoms with van der Waals surface area (Å²) in [5.74, 6) is -0.224. The minimum atomic E-state index is -0.224. The average Bonchev–Trinajstić information content (AvgIpc) is 2.67. The number of carbonyl (C=O) groups is 1. The van der Waals surface area contributed by atoms with E-state index in [0.717, 1.165) is 28.1 Å². The first kappa shape index (κ1) is 18.0. The van der Waals surface area contributed by atoms with Crippen LogP contribution in [0.4, 0.5) is 0 Å². The average molecular weight is 368 g/mol. The van der Waals surface area contributed by atoms with E-state index in [2.05, 4.69) is 15.3 Å². The summed E-state index contributed by atoms with van der Waals surface area (Å²) in [6.07, 6.45) is 3.39. The fourth-order valence-electron chi connectivity index (χ4n) is 2.57. The maximum Gasteiger partial charge on any atom is 0.251 e. The molecule has 2 heterocycles. The Morgan fingerprint density at radius 3 is 2.46 bits per heavy atom. The molecule has 0 radical (unpaired) electrons. The predicted octanol–water partition coefficient (Wildman–Crippen LogP) is 3.49. The standard InChI is InChI=1S/C20H18ClN3O2/c1-13-2-3-16(11-23-13)19-18(10-17(21)12-24-19)14-4-6-15(7-5-14)20(26)22-8-9-25/h2-7,10-12,25H,8-9H2,1H3,(H,22,26). The van der Waals surface area contributed by atoms with Crippen LogP contribution in [0.5, 0.6) is 0 Å². The Bertz CT molecular complexity index is 909. The van der Waals surface area contributed by atoms with Crippen LogP contribution in [0, 0.1) is 6.92 Å². The van der Waals surface area contributed by atoms with Gasteiger partial charge in [0, 0.05) is 41.3 Å². The molecule has 0 bridgehead atoms. The molecule has 1 aromatic carbocycles. The van der Waals surface area contributed by atoms with Gasteiger partial charge in [-0.3, -0.25) is 14.8 Å². The van der Waals surface area contributed by atoms with Gasteiger partial charge in [-0.2, -0.15) is 0 Å². The molecule has 3 aromatic rings. The Morgan fingerprint density at radius 1 is 1.08 bits per heavy atom. The van der Waals surface area contributed by atoms with Crippen LogP contribution < -0.4 is 5.32 Å². The van der Waals surface area contributed by atoms with Crippen molar-refractivity contribution in [3.63, 3.8) is 0 Å². The third-order valence-corrected chi connectivity index (χ3v) is 4.10. The van der Waals surface area contributed by atoms with E-state index in [4.69, 9.17) is 16.7 Å². The SMILES string of the molecule is Cc1ccc(-c2ncc(Cl)cc2-c2ccc(C(=O)NCCO)cc2)cn1. The fourth-order valence-corrected chi connectivity index (χ4v) is 2.73. The van der Waals surface area contributed by atoms with E-state index in [1.807, 2.05) is 37.3 Å². The van der Waals surface area contributed by atoms with Crippen LogP contribution in [0.15, 0.2) is 54.9 Å². The number of aliphatic hydroxyl groups excluding tert-OH is 1. The Kier molecular flexibility index (Phi) is 5.61. The Hall–Kier alpha value is -2.76.